The largest absolute Gasteiger partial charge is 0.329 e. The highest BCUT2D eigenvalue weighted by Gasteiger charge is 2.11. The Morgan fingerprint density at radius 3 is 2.63 bits per heavy atom. The summed E-state index contributed by atoms with van der Waals surface area (Å²) in [5, 5.41) is 6.73. The van der Waals surface area contributed by atoms with Crippen molar-refractivity contribution in [3.8, 4) is 0 Å². The Balaban J connectivity index is 2.00. The maximum absolute atomic E-state index is 4.67. The molecule has 0 spiro atoms. The summed E-state index contributed by atoms with van der Waals surface area (Å²) in [4.78, 5) is 8.98. The number of hydrogen-bond acceptors (Lipinski definition) is 4. The molecule has 0 amide bonds. The number of nitrogens with zero attached hydrogens (tertiary/aromatic N) is 3. The van der Waals surface area contributed by atoms with E-state index in [9.17, 15) is 0 Å². The van der Waals surface area contributed by atoms with Crippen LogP contribution in [-0.2, 0) is 13.1 Å². The predicted molar refractivity (Wildman–Crippen MR) is 79.5 cm³/mol. The molecule has 5 heteroatoms. The van der Waals surface area contributed by atoms with Crippen molar-refractivity contribution in [2.45, 2.75) is 53.2 Å². The van der Waals surface area contributed by atoms with Crippen LogP contribution in [0.5, 0.6) is 0 Å². The highest BCUT2D eigenvalue weighted by Crippen LogP contribution is 2.14. The van der Waals surface area contributed by atoms with Gasteiger partial charge in [-0.1, -0.05) is 0 Å². The maximum atomic E-state index is 4.67. The first kappa shape index (κ1) is 14.2. The van der Waals surface area contributed by atoms with E-state index in [1.165, 1.54) is 5.69 Å². The van der Waals surface area contributed by atoms with Crippen LogP contribution in [-0.4, -0.2) is 20.1 Å². The van der Waals surface area contributed by atoms with Gasteiger partial charge in [0.1, 0.15) is 5.01 Å². The van der Waals surface area contributed by atoms with Gasteiger partial charge in [0.25, 0.3) is 0 Å². The molecule has 4 nitrogen and oxygen atoms in total. The van der Waals surface area contributed by atoms with Gasteiger partial charge in [-0.3, -0.25) is 0 Å². The fraction of sp³-hybridized carbons (Fsp3) is 0.571. The van der Waals surface area contributed by atoms with Gasteiger partial charge in [-0.25, -0.2) is 9.97 Å². The second kappa shape index (κ2) is 5.43. The van der Waals surface area contributed by atoms with Gasteiger partial charge in [0.2, 0.25) is 0 Å². The summed E-state index contributed by atoms with van der Waals surface area (Å²) in [5.74, 6) is 0. The molecule has 0 saturated carbocycles. The maximum Gasteiger partial charge on any atom is 0.107 e. The third-order valence-electron chi connectivity index (χ3n) is 3.05. The molecule has 2 rings (SSSR count). The molecule has 0 bridgehead atoms. The zero-order valence-corrected chi connectivity index (χ0v) is 13.1. The van der Waals surface area contributed by atoms with E-state index in [4.69, 9.17) is 0 Å². The second-order valence-corrected chi connectivity index (χ2v) is 6.82. The van der Waals surface area contributed by atoms with Crippen LogP contribution in [0.25, 0.3) is 0 Å². The Kier molecular flexibility index (Phi) is 4.06. The summed E-state index contributed by atoms with van der Waals surface area (Å²) >= 11 is 1.71. The molecular formula is C14H22N4S. The van der Waals surface area contributed by atoms with E-state index in [-0.39, 0.29) is 5.54 Å². The number of hydrogen-bond donors (Lipinski definition) is 1. The van der Waals surface area contributed by atoms with Crippen LogP contribution in [0.4, 0.5) is 0 Å². The molecule has 0 aliphatic rings. The zero-order chi connectivity index (χ0) is 14.0. The first-order valence-corrected chi connectivity index (χ1v) is 7.40. The summed E-state index contributed by atoms with van der Waals surface area (Å²) in [6.45, 7) is 12.3. The number of rotatable bonds is 4. The molecule has 2 aromatic heterocycles. The molecular weight excluding hydrogens is 256 g/mol. The monoisotopic (exact) mass is 278 g/mol. The SMILES string of the molecule is Cc1ncn(Cc2csc(CNC(C)(C)C)n2)c1C. The first-order chi connectivity index (χ1) is 8.85. The van der Waals surface area contributed by atoms with Crippen LogP contribution in [0.2, 0.25) is 0 Å². The topological polar surface area (TPSA) is 42.7 Å². The van der Waals surface area contributed by atoms with Crippen molar-refractivity contribution >= 4 is 11.3 Å². The first-order valence-electron chi connectivity index (χ1n) is 6.52. The van der Waals surface area contributed by atoms with Crippen LogP contribution >= 0.6 is 11.3 Å². The smallest absolute Gasteiger partial charge is 0.107 e. The summed E-state index contributed by atoms with van der Waals surface area (Å²) in [5.41, 5.74) is 3.53. The van der Waals surface area contributed by atoms with Crippen molar-refractivity contribution in [2.24, 2.45) is 0 Å². The molecule has 0 radical (unpaired) electrons. The van der Waals surface area contributed by atoms with Gasteiger partial charge in [-0.15, -0.1) is 11.3 Å². The Labute approximate surface area is 118 Å². The normalized spacial score (nSPS) is 12.1. The standard InChI is InChI=1S/C14H22N4S/c1-10-11(2)18(9-15-10)7-12-8-19-13(17-12)6-16-14(3,4)5/h8-9,16H,6-7H2,1-5H3. The number of nitrogens with one attached hydrogen (secondary N) is 1. The number of thiazole rings is 1. The quantitative estimate of drug-likeness (QED) is 0.935. The Morgan fingerprint density at radius 1 is 1.32 bits per heavy atom. The average Bonchev–Trinajstić information content (AvgIpc) is 2.88. The van der Waals surface area contributed by atoms with Crippen molar-refractivity contribution in [1.82, 2.24) is 19.9 Å². The molecule has 0 aliphatic heterocycles. The Morgan fingerprint density at radius 2 is 2.05 bits per heavy atom. The average molecular weight is 278 g/mol. The summed E-state index contributed by atoms with van der Waals surface area (Å²) in [6.07, 6.45) is 1.89. The summed E-state index contributed by atoms with van der Waals surface area (Å²) in [6, 6.07) is 0. The zero-order valence-electron chi connectivity index (χ0n) is 12.3. The lowest BCUT2D eigenvalue weighted by atomic mass is 10.1. The Hall–Kier alpha value is -1.20. The van der Waals surface area contributed by atoms with Crippen molar-refractivity contribution < 1.29 is 0 Å². The van der Waals surface area contributed by atoms with E-state index < -0.39 is 0 Å². The van der Waals surface area contributed by atoms with Crippen molar-refractivity contribution in [2.75, 3.05) is 0 Å². The molecule has 1 N–H and O–H groups in total. The van der Waals surface area contributed by atoms with Gasteiger partial charge in [-0.2, -0.15) is 0 Å². The molecule has 0 aromatic carbocycles. The third-order valence-corrected chi connectivity index (χ3v) is 3.94. The van der Waals surface area contributed by atoms with Crippen molar-refractivity contribution in [1.29, 1.82) is 0 Å². The minimum atomic E-state index is 0.129. The van der Waals surface area contributed by atoms with Crippen LogP contribution in [0.15, 0.2) is 11.7 Å². The molecule has 0 unspecified atom stereocenters. The van der Waals surface area contributed by atoms with Crippen LogP contribution in [0.3, 0.4) is 0 Å². The number of aryl methyl sites for hydroxylation is 1. The van der Waals surface area contributed by atoms with E-state index in [0.717, 1.165) is 29.5 Å². The van der Waals surface area contributed by atoms with Crippen LogP contribution in [0, 0.1) is 13.8 Å². The Bertz CT molecular complexity index is 548. The fourth-order valence-corrected chi connectivity index (χ4v) is 2.45. The van der Waals surface area contributed by atoms with Gasteiger partial charge >= 0.3 is 0 Å². The van der Waals surface area contributed by atoms with Gasteiger partial charge < -0.3 is 9.88 Å². The molecule has 0 saturated heterocycles. The van der Waals surface area contributed by atoms with Crippen molar-refractivity contribution in [3.05, 3.63) is 33.8 Å². The molecule has 2 aromatic rings. The highest BCUT2D eigenvalue weighted by molar-refractivity contribution is 7.09. The lowest BCUT2D eigenvalue weighted by molar-refractivity contribution is 0.423. The van der Waals surface area contributed by atoms with Gasteiger partial charge in [0.05, 0.1) is 24.3 Å². The molecule has 2 heterocycles. The van der Waals surface area contributed by atoms with E-state index >= 15 is 0 Å². The van der Waals surface area contributed by atoms with E-state index in [0.29, 0.717) is 0 Å². The molecule has 0 atom stereocenters. The number of aromatic nitrogens is 3. The molecule has 0 aliphatic carbocycles. The van der Waals surface area contributed by atoms with Gasteiger partial charge in [0.15, 0.2) is 0 Å². The molecule has 104 valence electrons. The molecule has 19 heavy (non-hydrogen) atoms. The second-order valence-electron chi connectivity index (χ2n) is 5.88. The van der Waals surface area contributed by atoms with Crippen LogP contribution < -0.4 is 5.32 Å². The highest BCUT2D eigenvalue weighted by atomic mass is 32.1. The van der Waals surface area contributed by atoms with Gasteiger partial charge in [0, 0.05) is 23.2 Å². The van der Waals surface area contributed by atoms with E-state index in [2.05, 4.69) is 52.9 Å². The number of imidazole rings is 1. The minimum absolute atomic E-state index is 0.129. The lowest BCUT2D eigenvalue weighted by Crippen LogP contribution is -2.35. The minimum Gasteiger partial charge on any atom is -0.329 e. The third kappa shape index (κ3) is 3.88. The van der Waals surface area contributed by atoms with E-state index in [1.807, 2.05) is 13.3 Å². The van der Waals surface area contributed by atoms with Gasteiger partial charge in [-0.05, 0) is 34.6 Å². The van der Waals surface area contributed by atoms with Crippen molar-refractivity contribution in [3.63, 3.8) is 0 Å². The molecule has 0 fully saturated rings. The summed E-state index contributed by atoms with van der Waals surface area (Å²) < 4.78 is 2.14. The van der Waals surface area contributed by atoms with E-state index in [1.54, 1.807) is 11.3 Å². The van der Waals surface area contributed by atoms with Crippen LogP contribution in [0.1, 0.15) is 42.9 Å². The fourth-order valence-electron chi connectivity index (χ4n) is 1.72. The predicted octanol–water partition coefficient (Wildman–Crippen LogP) is 2.89. The lowest BCUT2D eigenvalue weighted by Gasteiger charge is -2.19. The summed E-state index contributed by atoms with van der Waals surface area (Å²) in [7, 11) is 0.